The summed E-state index contributed by atoms with van der Waals surface area (Å²) in [5, 5.41) is 18.2. The highest BCUT2D eigenvalue weighted by molar-refractivity contribution is 6.00. The van der Waals surface area contributed by atoms with Gasteiger partial charge in [0.1, 0.15) is 6.04 Å². The van der Waals surface area contributed by atoms with Crippen LogP contribution in [0.15, 0.2) is 54.3 Å². The summed E-state index contributed by atoms with van der Waals surface area (Å²) in [5.41, 5.74) is 7.02. The van der Waals surface area contributed by atoms with Crippen molar-refractivity contribution in [3.63, 3.8) is 0 Å². The van der Waals surface area contributed by atoms with Crippen LogP contribution >= 0.6 is 0 Å². The third kappa shape index (κ3) is 5.33. The number of carbonyl (C=O) groups is 3. The molecule has 1 aromatic rings. The van der Waals surface area contributed by atoms with E-state index in [1.165, 1.54) is 12.1 Å². The van der Waals surface area contributed by atoms with E-state index < -0.39 is 23.3 Å². The van der Waals surface area contributed by atoms with E-state index in [0.717, 1.165) is 5.57 Å². The number of amides is 2. The Bertz CT molecular complexity index is 988. The number of nitrogens with one attached hydrogen (secondary N) is 3. The lowest BCUT2D eigenvalue weighted by molar-refractivity contribution is -0.139. The number of allylic oxidation sites excluding steroid dienone is 2. The molecule has 0 saturated carbocycles. The van der Waals surface area contributed by atoms with Crippen LogP contribution < -0.4 is 21.7 Å². The fraction of sp³-hybridized carbons (Fsp3) is 0.348. The molecule has 1 aliphatic carbocycles. The Kier molecular flexibility index (Phi) is 6.19. The standard InChI is InChI=1S/C23H28N4O4/c1-23(2,3)22(31)26-16-9-13(8-15(24)11-16)20(28)27-19(21(29)30)10-14-12-25-18-7-5-4-6-17(14)18/h4-9,11-12,17-19,25H,10,24H2,1-3H3,(H,26,31)(H,27,28)(H,29,30). The third-order valence-electron chi connectivity index (χ3n) is 5.22. The van der Waals surface area contributed by atoms with Crippen LogP contribution in [0.4, 0.5) is 11.4 Å². The molecule has 3 rings (SSSR count). The van der Waals surface area contributed by atoms with Crippen molar-refractivity contribution in [2.45, 2.75) is 39.3 Å². The van der Waals surface area contributed by atoms with Gasteiger partial charge in [-0.15, -0.1) is 0 Å². The molecule has 3 atom stereocenters. The first-order chi connectivity index (χ1) is 14.5. The van der Waals surface area contributed by atoms with E-state index in [9.17, 15) is 19.5 Å². The molecule has 8 nitrogen and oxygen atoms in total. The third-order valence-corrected chi connectivity index (χ3v) is 5.22. The van der Waals surface area contributed by atoms with Gasteiger partial charge in [-0.1, -0.05) is 45.1 Å². The van der Waals surface area contributed by atoms with Gasteiger partial charge in [-0.3, -0.25) is 9.59 Å². The van der Waals surface area contributed by atoms with Gasteiger partial charge in [0.15, 0.2) is 0 Å². The van der Waals surface area contributed by atoms with E-state index in [1.807, 2.05) is 30.5 Å². The maximum atomic E-state index is 12.8. The van der Waals surface area contributed by atoms with Crippen molar-refractivity contribution in [2.75, 3.05) is 11.1 Å². The van der Waals surface area contributed by atoms with E-state index in [2.05, 4.69) is 16.0 Å². The Hall–Kier alpha value is -3.55. The zero-order chi connectivity index (χ0) is 22.8. The summed E-state index contributed by atoms with van der Waals surface area (Å²) in [4.78, 5) is 36.9. The number of carboxylic acid groups (broad SMARTS) is 1. The monoisotopic (exact) mass is 424 g/mol. The molecule has 0 spiro atoms. The van der Waals surface area contributed by atoms with Crippen LogP contribution in [0.1, 0.15) is 37.6 Å². The maximum Gasteiger partial charge on any atom is 0.326 e. The molecule has 2 aliphatic rings. The Morgan fingerprint density at radius 2 is 1.87 bits per heavy atom. The Balaban J connectivity index is 1.72. The van der Waals surface area contributed by atoms with Gasteiger partial charge >= 0.3 is 5.97 Å². The highest BCUT2D eigenvalue weighted by Gasteiger charge is 2.31. The number of nitrogens with two attached hydrogens (primary N) is 1. The molecule has 164 valence electrons. The molecule has 31 heavy (non-hydrogen) atoms. The molecule has 0 bridgehead atoms. The number of benzene rings is 1. The number of carboxylic acids is 1. The van der Waals surface area contributed by atoms with Crippen LogP contribution in [0, 0.1) is 11.3 Å². The van der Waals surface area contributed by atoms with Crippen molar-refractivity contribution in [3.05, 3.63) is 59.8 Å². The molecule has 1 heterocycles. The van der Waals surface area contributed by atoms with E-state index >= 15 is 0 Å². The van der Waals surface area contributed by atoms with E-state index in [0.29, 0.717) is 5.69 Å². The maximum absolute atomic E-state index is 12.8. The van der Waals surface area contributed by atoms with Crippen LogP contribution in [-0.2, 0) is 9.59 Å². The summed E-state index contributed by atoms with van der Waals surface area (Å²) < 4.78 is 0. The molecule has 6 N–H and O–H groups in total. The van der Waals surface area contributed by atoms with Gasteiger partial charge in [0.2, 0.25) is 5.91 Å². The molecule has 0 aromatic heterocycles. The predicted molar refractivity (Wildman–Crippen MR) is 119 cm³/mol. The van der Waals surface area contributed by atoms with E-state index in [1.54, 1.807) is 26.8 Å². The summed E-state index contributed by atoms with van der Waals surface area (Å²) in [7, 11) is 0. The smallest absolute Gasteiger partial charge is 0.326 e. The number of carbonyl (C=O) groups excluding carboxylic acids is 2. The summed E-state index contributed by atoms with van der Waals surface area (Å²) in [5.74, 6) is -1.86. The van der Waals surface area contributed by atoms with Crippen LogP contribution in [0.25, 0.3) is 0 Å². The van der Waals surface area contributed by atoms with Crippen LogP contribution in [0.2, 0.25) is 0 Å². The second kappa shape index (κ2) is 8.67. The molecule has 1 aliphatic heterocycles. The van der Waals surface area contributed by atoms with Gasteiger partial charge in [0.05, 0.1) is 6.04 Å². The molecule has 0 fully saturated rings. The molecule has 3 unspecified atom stereocenters. The fourth-order valence-corrected chi connectivity index (χ4v) is 3.47. The van der Waals surface area contributed by atoms with Crippen molar-refractivity contribution in [1.82, 2.24) is 10.6 Å². The largest absolute Gasteiger partial charge is 0.480 e. The predicted octanol–water partition coefficient (Wildman–Crippen LogP) is 2.42. The van der Waals surface area contributed by atoms with E-state index in [-0.39, 0.29) is 35.5 Å². The lowest BCUT2D eigenvalue weighted by Gasteiger charge is -2.22. The molecular formula is C23H28N4O4. The molecule has 0 radical (unpaired) electrons. The molecule has 8 heteroatoms. The minimum Gasteiger partial charge on any atom is -0.480 e. The van der Waals surface area contributed by atoms with Crippen molar-refractivity contribution in [3.8, 4) is 0 Å². The Labute approximate surface area is 181 Å². The van der Waals surface area contributed by atoms with Crippen LogP contribution in [-0.4, -0.2) is 35.0 Å². The number of hydrogen-bond donors (Lipinski definition) is 5. The first-order valence-corrected chi connectivity index (χ1v) is 10.1. The summed E-state index contributed by atoms with van der Waals surface area (Å²) in [6, 6.07) is 3.48. The topological polar surface area (TPSA) is 134 Å². The minimum absolute atomic E-state index is 0.0651. The molecule has 2 amide bonds. The normalized spacial score (nSPS) is 20.3. The van der Waals surface area contributed by atoms with E-state index in [4.69, 9.17) is 5.73 Å². The number of fused-ring (bicyclic) bond motifs is 1. The number of hydrogen-bond acceptors (Lipinski definition) is 5. The summed E-state index contributed by atoms with van der Waals surface area (Å²) in [6.45, 7) is 5.32. The number of nitrogen functional groups attached to an aromatic ring is 1. The first-order valence-electron chi connectivity index (χ1n) is 10.1. The highest BCUT2D eigenvalue weighted by atomic mass is 16.4. The Morgan fingerprint density at radius 1 is 1.16 bits per heavy atom. The molecule has 0 saturated heterocycles. The average molecular weight is 425 g/mol. The molecule has 1 aromatic carbocycles. The average Bonchev–Trinajstić information content (AvgIpc) is 3.09. The first kappa shape index (κ1) is 22.1. The zero-order valence-electron chi connectivity index (χ0n) is 17.8. The second-order valence-corrected chi connectivity index (χ2v) is 8.82. The highest BCUT2D eigenvalue weighted by Crippen LogP contribution is 2.29. The van der Waals surface area contributed by atoms with Gasteiger partial charge in [-0.05, 0) is 30.0 Å². The van der Waals surface area contributed by atoms with Crippen molar-refractivity contribution >= 4 is 29.2 Å². The zero-order valence-corrected chi connectivity index (χ0v) is 17.8. The van der Waals surface area contributed by atoms with Crippen molar-refractivity contribution in [2.24, 2.45) is 11.3 Å². The summed E-state index contributed by atoms with van der Waals surface area (Å²) in [6.07, 6.45) is 9.89. The van der Waals surface area contributed by atoms with Gasteiger partial charge in [-0.25, -0.2) is 4.79 Å². The lowest BCUT2D eigenvalue weighted by Crippen LogP contribution is -2.41. The SMILES string of the molecule is CC(C)(C)C(=O)Nc1cc(N)cc(C(=O)NC(CC2=CNC3C=CC=CC23)C(=O)O)c1. The number of rotatable bonds is 6. The van der Waals surface area contributed by atoms with Gasteiger partial charge < -0.3 is 26.8 Å². The molecular weight excluding hydrogens is 396 g/mol. The quantitative estimate of drug-likeness (QED) is 0.445. The van der Waals surface area contributed by atoms with Gasteiger partial charge in [0, 0.05) is 34.7 Å². The second-order valence-electron chi connectivity index (χ2n) is 8.82. The van der Waals surface area contributed by atoms with Crippen molar-refractivity contribution in [1.29, 1.82) is 0 Å². The Morgan fingerprint density at radius 3 is 2.55 bits per heavy atom. The lowest BCUT2D eigenvalue weighted by atomic mass is 9.88. The fourth-order valence-electron chi connectivity index (χ4n) is 3.47. The number of aliphatic carboxylic acids is 1. The summed E-state index contributed by atoms with van der Waals surface area (Å²) >= 11 is 0. The minimum atomic E-state index is -1.13. The number of anilines is 2. The van der Waals surface area contributed by atoms with Crippen LogP contribution in [0.5, 0.6) is 0 Å². The van der Waals surface area contributed by atoms with Gasteiger partial charge in [-0.2, -0.15) is 0 Å². The van der Waals surface area contributed by atoms with Crippen molar-refractivity contribution < 1.29 is 19.5 Å². The van der Waals surface area contributed by atoms with Crippen LogP contribution in [0.3, 0.4) is 0 Å². The van der Waals surface area contributed by atoms with Gasteiger partial charge in [0.25, 0.3) is 5.91 Å².